The molecule has 0 radical (unpaired) electrons. The highest BCUT2D eigenvalue weighted by atomic mass is 16.2. The van der Waals surface area contributed by atoms with Gasteiger partial charge in [-0.25, -0.2) is 0 Å². The highest BCUT2D eigenvalue weighted by Gasteiger charge is 2.20. The normalized spacial score (nSPS) is 18.0. The van der Waals surface area contributed by atoms with Gasteiger partial charge in [-0.3, -0.25) is 14.6 Å². The Bertz CT molecular complexity index is 458. The Balaban J connectivity index is 1.59. The summed E-state index contributed by atoms with van der Waals surface area (Å²) >= 11 is 0. The van der Waals surface area contributed by atoms with Gasteiger partial charge in [-0.2, -0.15) is 0 Å². The van der Waals surface area contributed by atoms with Crippen LogP contribution in [0, 0.1) is 5.92 Å². The maximum atomic E-state index is 11.9. The van der Waals surface area contributed by atoms with Gasteiger partial charge < -0.3 is 16.0 Å². The molecule has 0 bridgehead atoms. The van der Waals surface area contributed by atoms with Crippen LogP contribution >= 0.6 is 0 Å². The minimum absolute atomic E-state index is 0.0391. The largest absolute Gasteiger partial charge is 0.355 e. The molecule has 1 fully saturated rings. The molecule has 2 heterocycles. The summed E-state index contributed by atoms with van der Waals surface area (Å²) in [5.74, 6) is 0.0142. The van der Waals surface area contributed by atoms with E-state index in [1.807, 2.05) is 12.1 Å². The number of aromatic nitrogens is 1. The van der Waals surface area contributed by atoms with E-state index < -0.39 is 0 Å². The van der Waals surface area contributed by atoms with Crippen molar-refractivity contribution >= 4 is 11.8 Å². The van der Waals surface area contributed by atoms with Gasteiger partial charge in [0.2, 0.25) is 11.8 Å². The number of hydrogen-bond acceptors (Lipinski definition) is 4. The van der Waals surface area contributed by atoms with Gasteiger partial charge in [-0.1, -0.05) is 6.07 Å². The minimum Gasteiger partial charge on any atom is -0.355 e. The average Bonchev–Trinajstić information content (AvgIpc) is 2.54. The Morgan fingerprint density at radius 3 is 3.00 bits per heavy atom. The lowest BCUT2D eigenvalue weighted by molar-refractivity contribution is -0.125. The van der Waals surface area contributed by atoms with Crippen LogP contribution in [0.25, 0.3) is 0 Å². The number of hydrogen-bond donors (Lipinski definition) is 3. The van der Waals surface area contributed by atoms with Gasteiger partial charge in [-0.05, 0) is 31.0 Å². The van der Waals surface area contributed by atoms with Crippen molar-refractivity contribution in [1.29, 1.82) is 0 Å². The molecule has 1 aliphatic heterocycles. The zero-order valence-electron chi connectivity index (χ0n) is 12.1. The van der Waals surface area contributed by atoms with Crippen molar-refractivity contribution < 1.29 is 9.59 Å². The number of amides is 2. The standard InChI is InChI=1S/C15H22N4O2/c20-14(19-10-12-3-1-6-16-9-12)5-8-18-15(21)13-4-2-7-17-11-13/h1,3,6,9,13,17H,2,4-5,7-8,10-11H2,(H,18,21)(H,19,20). The van der Waals surface area contributed by atoms with E-state index in [4.69, 9.17) is 0 Å². The first-order valence-electron chi connectivity index (χ1n) is 7.40. The molecule has 1 atom stereocenters. The van der Waals surface area contributed by atoms with Crippen molar-refractivity contribution in [1.82, 2.24) is 20.9 Å². The number of nitrogens with one attached hydrogen (secondary N) is 3. The van der Waals surface area contributed by atoms with Crippen LogP contribution in [0.1, 0.15) is 24.8 Å². The van der Waals surface area contributed by atoms with Crippen LogP contribution in [0.3, 0.4) is 0 Å². The van der Waals surface area contributed by atoms with Crippen molar-refractivity contribution in [2.24, 2.45) is 5.92 Å². The fourth-order valence-electron chi connectivity index (χ4n) is 2.31. The van der Waals surface area contributed by atoms with Gasteiger partial charge in [0.15, 0.2) is 0 Å². The van der Waals surface area contributed by atoms with Crippen LogP contribution in [0.5, 0.6) is 0 Å². The third-order valence-corrected chi connectivity index (χ3v) is 3.53. The number of carbonyl (C=O) groups excluding carboxylic acids is 2. The maximum absolute atomic E-state index is 11.9. The first kappa shape index (κ1) is 15.4. The number of rotatable bonds is 6. The highest BCUT2D eigenvalue weighted by Crippen LogP contribution is 2.09. The van der Waals surface area contributed by atoms with Crippen molar-refractivity contribution in [3.63, 3.8) is 0 Å². The monoisotopic (exact) mass is 290 g/mol. The predicted octanol–water partition coefficient (Wildman–Crippen LogP) is 0.204. The lowest BCUT2D eigenvalue weighted by Gasteiger charge is -2.21. The molecule has 114 valence electrons. The molecule has 3 N–H and O–H groups in total. The molecule has 1 aliphatic rings. The quantitative estimate of drug-likeness (QED) is 0.699. The average molecular weight is 290 g/mol. The fraction of sp³-hybridized carbons (Fsp3) is 0.533. The molecular formula is C15H22N4O2. The molecule has 1 unspecified atom stereocenters. The van der Waals surface area contributed by atoms with Crippen molar-refractivity contribution in [3.8, 4) is 0 Å². The molecule has 6 nitrogen and oxygen atoms in total. The van der Waals surface area contributed by atoms with Gasteiger partial charge in [0.1, 0.15) is 0 Å². The third-order valence-electron chi connectivity index (χ3n) is 3.53. The van der Waals surface area contributed by atoms with E-state index in [1.54, 1.807) is 12.4 Å². The van der Waals surface area contributed by atoms with Crippen LogP contribution in [0.2, 0.25) is 0 Å². The van der Waals surface area contributed by atoms with Crippen LogP contribution in [-0.2, 0) is 16.1 Å². The Kier molecular flexibility index (Phi) is 6.15. The Morgan fingerprint density at radius 2 is 2.29 bits per heavy atom. The van der Waals surface area contributed by atoms with Crippen LogP contribution in [0.15, 0.2) is 24.5 Å². The predicted molar refractivity (Wildman–Crippen MR) is 79.3 cm³/mol. The van der Waals surface area contributed by atoms with Crippen LogP contribution in [0.4, 0.5) is 0 Å². The SMILES string of the molecule is O=C(CCNC(=O)C1CCCNC1)NCc1cccnc1. The number of pyridine rings is 1. The minimum atomic E-state index is -0.0686. The van der Waals surface area contributed by atoms with E-state index in [2.05, 4.69) is 20.9 Å². The molecular weight excluding hydrogens is 268 g/mol. The molecule has 1 saturated heterocycles. The number of nitrogens with zero attached hydrogens (tertiary/aromatic N) is 1. The zero-order chi connectivity index (χ0) is 14.9. The second-order valence-electron chi connectivity index (χ2n) is 5.22. The second kappa shape index (κ2) is 8.36. The van der Waals surface area contributed by atoms with Crippen LogP contribution in [-0.4, -0.2) is 36.4 Å². The molecule has 1 aromatic heterocycles. The topological polar surface area (TPSA) is 83.1 Å². The van der Waals surface area contributed by atoms with Gasteiger partial charge in [-0.15, -0.1) is 0 Å². The molecule has 0 aliphatic carbocycles. The summed E-state index contributed by atoms with van der Waals surface area (Å²) in [5.41, 5.74) is 0.961. The molecule has 2 rings (SSSR count). The highest BCUT2D eigenvalue weighted by molar-refractivity contribution is 5.80. The molecule has 0 spiro atoms. The first-order chi connectivity index (χ1) is 10.3. The van der Waals surface area contributed by atoms with Gasteiger partial charge in [0.25, 0.3) is 0 Å². The van der Waals surface area contributed by atoms with Crippen LogP contribution < -0.4 is 16.0 Å². The first-order valence-corrected chi connectivity index (χ1v) is 7.40. The summed E-state index contributed by atoms with van der Waals surface area (Å²) in [4.78, 5) is 27.5. The Morgan fingerprint density at radius 1 is 1.38 bits per heavy atom. The van der Waals surface area contributed by atoms with E-state index in [0.29, 0.717) is 19.5 Å². The van der Waals surface area contributed by atoms with E-state index in [0.717, 1.165) is 31.5 Å². The number of carbonyl (C=O) groups is 2. The summed E-state index contributed by atoms with van der Waals surface area (Å²) in [6.07, 6.45) is 5.67. The van der Waals surface area contributed by atoms with Crippen molar-refractivity contribution in [2.45, 2.75) is 25.8 Å². The molecule has 6 heteroatoms. The van der Waals surface area contributed by atoms with E-state index in [1.165, 1.54) is 0 Å². The Labute approximate surface area is 124 Å². The van der Waals surface area contributed by atoms with E-state index in [-0.39, 0.29) is 17.7 Å². The summed E-state index contributed by atoms with van der Waals surface area (Å²) in [7, 11) is 0. The summed E-state index contributed by atoms with van der Waals surface area (Å²) in [6.45, 7) is 2.57. The third kappa shape index (κ3) is 5.51. The summed E-state index contributed by atoms with van der Waals surface area (Å²) in [6, 6.07) is 3.74. The number of piperidine rings is 1. The molecule has 1 aromatic rings. The fourth-order valence-corrected chi connectivity index (χ4v) is 2.31. The molecule has 21 heavy (non-hydrogen) atoms. The maximum Gasteiger partial charge on any atom is 0.224 e. The summed E-state index contributed by atoms with van der Waals surface area (Å²) < 4.78 is 0. The van der Waals surface area contributed by atoms with Gasteiger partial charge in [0.05, 0.1) is 5.92 Å². The van der Waals surface area contributed by atoms with Gasteiger partial charge in [0, 0.05) is 38.4 Å². The van der Waals surface area contributed by atoms with Crippen molar-refractivity contribution in [2.75, 3.05) is 19.6 Å². The lowest BCUT2D eigenvalue weighted by Crippen LogP contribution is -2.41. The van der Waals surface area contributed by atoms with E-state index in [9.17, 15) is 9.59 Å². The Hall–Kier alpha value is -1.95. The summed E-state index contributed by atoms with van der Waals surface area (Å²) in [5, 5.41) is 8.85. The second-order valence-corrected chi connectivity index (χ2v) is 5.22. The molecule has 0 saturated carbocycles. The van der Waals surface area contributed by atoms with E-state index >= 15 is 0 Å². The molecule has 0 aromatic carbocycles. The smallest absolute Gasteiger partial charge is 0.224 e. The van der Waals surface area contributed by atoms with Crippen molar-refractivity contribution in [3.05, 3.63) is 30.1 Å². The van der Waals surface area contributed by atoms with Gasteiger partial charge >= 0.3 is 0 Å². The zero-order valence-corrected chi connectivity index (χ0v) is 12.1. The molecule has 2 amide bonds. The lowest BCUT2D eigenvalue weighted by atomic mass is 9.99.